The molecule has 4 N–H and O–H groups in total. The average Bonchev–Trinajstić information content (AvgIpc) is 2.72. The molecule has 0 bridgehead atoms. The van der Waals surface area contributed by atoms with Crippen molar-refractivity contribution < 1.29 is 9.53 Å². The minimum absolute atomic E-state index is 0.00840. The summed E-state index contributed by atoms with van der Waals surface area (Å²) < 4.78 is 5.33. The first-order valence-electron chi connectivity index (χ1n) is 8.53. The van der Waals surface area contributed by atoms with E-state index in [1.165, 1.54) is 0 Å². The van der Waals surface area contributed by atoms with E-state index < -0.39 is 5.97 Å². The van der Waals surface area contributed by atoms with Gasteiger partial charge in [0.25, 0.3) is 0 Å². The molecule has 0 aromatic heterocycles. The van der Waals surface area contributed by atoms with Gasteiger partial charge >= 0.3 is 5.97 Å². The number of guanidine groups is 1. The molecule has 3 rings (SSSR count). The number of aliphatic imine (C=N–C) groups is 1. The molecule has 0 amide bonds. The van der Waals surface area contributed by atoms with Gasteiger partial charge < -0.3 is 16.2 Å². The number of nitrogens with zero attached hydrogens (tertiary/aromatic N) is 3. The maximum atomic E-state index is 12.2. The summed E-state index contributed by atoms with van der Waals surface area (Å²) in [6.07, 6.45) is 0. The largest absolute Gasteiger partial charge is 0.457 e. The molecule has 7 heteroatoms. The van der Waals surface area contributed by atoms with Crippen LogP contribution in [-0.2, 0) is 11.3 Å². The summed E-state index contributed by atoms with van der Waals surface area (Å²) in [5, 5.41) is 8.28. The van der Waals surface area contributed by atoms with Gasteiger partial charge in [0, 0.05) is 0 Å². The zero-order valence-electron chi connectivity index (χ0n) is 15.0. The second kappa shape index (κ2) is 9.09. The van der Waals surface area contributed by atoms with E-state index >= 15 is 0 Å². The van der Waals surface area contributed by atoms with Crippen molar-refractivity contribution in [3.63, 3.8) is 0 Å². The van der Waals surface area contributed by atoms with Crippen molar-refractivity contribution in [1.29, 1.82) is 0 Å². The fourth-order valence-electron chi connectivity index (χ4n) is 2.32. The van der Waals surface area contributed by atoms with E-state index in [4.69, 9.17) is 16.2 Å². The van der Waals surface area contributed by atoms with Crippen LogP contribution in [0.25, 0.3) is 0 Å². The Bertz CT molecular complexity index is 978. The monoisotopic (exact) mass is 373 g/mol. The van der Waals surface area contributed by atoms with E-state index in [1.54, 1.807) is 48.5 Å². The molecular formula is C21H19N5O2. The number of carbonyl (C=O) groups excluding carboxylic acids is 1. The fraction of sp³-hybridized carbons (Fsp3) is 0.0476. The number of ether oxygens (including phenoxy) is 1. The normalized spacial score (nSPS) is 10.6. The second-order valence-corrected chi connectivity index (χ2v) is 5.86. The highest BCUT2D eigenvalue weighted by Crippen LogP contribution is 2.19. The smallest absolute Gasteiger partial charge is 0.338 e. The highest BCUT2D eigenvalue weighted by Gasteiger charge is 2.07. The summed E-state index contributed by atoms with van der Waals surface area (Å²) in [5.41, 5.74) is 14.0. The molecule has 0 aliphatic heterocycles. The first-order chi connectivity index (χ1) is 13.6. The first kappa shape index (κ1) is 18.8. The first-order valence-corrected chi connectivity index (χ1v) is 8.53. The van der Waals surface area contributed by atoms with Gasteiger partial charge in [-0.25, -0.2) is 9.79 Å². The molecule has 0 aliphatic carbocycles. The number of carbonyl (C=O) groups is 1. The number of nitrogens with two attached hydrogens (primary N) is 2. The lowest BCUT2D eigenvalue weighted by atomic mass is 10.2. The molecule has 0 heterocycles. The Labute approximate surface area is 162 Å². The molecule has 0 spiro atoms. The zero-order chi connectivity index (χ0) is 19.8. The molecule has 3 aromatic rings. The quantitative estimate of drug-likeness (QED) is 0.289. The lowest BCUT2D eigenvalue weighted by Crippen LogP contribution is -2.21. The van der Waals surface area contributed by atoms with Crippen LogP contribution in [0.4, 0.5) is 17.1 Å². The second-order valence-electron chi connectivity index (χ2n) is 5.86. The van der Waals surface area contributed by atoms with Gasteiger partial charge in [0.2, 0.25) is 0 Å². The van der Waals surface area contributed by atoms with E-state index in [-0.39, 0.29) is 12.6 Å². The number of hydrogen-bond acceptors (Lipinski definition) is 5. The topological polar surface area (TPSA) is 115 Å². The van der Waals surface area contributed by atoms with Crippen LogP contribution in [0.3, 0.4) is 0 Å². The summed E-state index contributed by atoms with van der Waals surface area (Å²) in [5.74, 6) is -0.425. The minimum Gasteiger partial charge on any atom is -0.457 e. The molecule has 0 aliphatic rings. The van der Waals surface area contributed by atoms with Crippen molar-refractivity contribution in [2.75, 3.05) is 0 Å². The standard InChI is InChI=1S/C21H19N5O2/c22-21(23)24-17-10-6-15(7-11-17)14-28-20(27)16-8-12-19(13-9-16)26-25-18-4-2-1-3-5-18/h1-13H,14H2,(H4,22,23,24). The Balaban J connectivity index is 1.56. The molecule has 28 heavy (non-hydrogen) atoms. The lowest BCUT2D eigenvalue weighted by molar-refractivity contribution is 0.0473. The van der Waals surface area contributed by atoms with Crippen LogP contribution in [0.1, 0.15) is 15.9 Å². The highest BCUT2D eigenvalue weighted by atomic mass is 16.5. The van der Waals surface area contributed by atoms with Gasteiger partial charge in [0.05, 0.1) is 22.6 Å². The lowest BCUT2D eigenvalue weighted by Gasteiger charge is -2.05. The Morgan fingerprint density at radius 1 is 0.750 bits per heavy atom. The highest BCUT2D eigenvalue weighted by molar-refractivity contribution is 5.89. The third-order valence-corrected chi connectivity index (χ3v) is 3.70. The van der Waals surface area contributed by atoms with E-state index in [0.717, 1.165) is 11.3 Å². The number of rotatable bonds is 6. The summed E-state index contributed by atoms with van der Waals surface area (Å²) in [7, 11) is 0. The minimum atomic E-state index is -0.417. The summed E-state index contributed by atoms with van der Waals surface area (Å²) in [6.45, 7) is 0.149. The van der Waals surface area contributed by atoms with Crippen molar-refractivity contribution in [2.24, 2.45) is 26.7 Å². The van der Waals surface area contributed by atoms with Crippen molar-refractivity contribution in [1.82, 2.24) is 0 Å². The van der Waals surface area contributed by atoms with E-state index in [9.17, 15) is 4.79 Å². The van der Waals surface area contributed by atoms with Crippen molar-refractivity contribution in [3.8, 4) is 0 Å². The maximum Gasteiger partial charge on any atom is 0.338 e. The van der Waals surface area contributed by atoms with Crippen molar-refractivity contribution >= 4 is 29.0 Å². The Morgan fingerprint density at radius 3 is 1.93 bits per heavy atom. The number of hydrogen-bond donors (Lipinski definition) is 2. The van der Waals surface area contributed by atoms with Crippen LogP contribution in [0, 0.1) is 0 Å². The molecule has 7 nitrogen and oxygen atoms in total. The van der Waals surface area contributed by atoms with Crippen LogP contribution in [-0.4, -0.2) is 11.9 Å². The van der Waals surface area contributed by atoms with Crippen LogP contribution in [0.2, 0.25) is 0 Å². The SMILES string of the molecule is NC(N)=Nc1ccc(COC(=O)c2ccc(N=Nc3ccccc3)cc2)cc1. The van der Waals surface area contributed by atoms with Gasteiger partial charge in [0.15, 0.2) is 5.96 Å². The number of azo groups is 1. The molecule has 0 fully saturated rings. The molecule has 3 aromatic carbocycles. The van der Waals surface area contributed by atoms with Crippen LogP contribution < -0.4 is 11.5 Å². The molecule has 0 atom stereocenters. The van der Waals surface area contributed by atoms with Gasteiger partial charge in [-0.15, -0.1) is 0 Å². The van der Waals surface area contributed by atoms with Gasteiger partial charge in [0.1, 0.15) is 6.61 Å². The summed E-state index contributed by atoms with van der Waals surface area (Å²) >= 11 is 0. The summed E-state index contributed by atoms with van der Waals surface area (Å²) in [4.78, 5) is 16.1. The van der Waals surface area contributed by atoms with Gasteiger partial charge in [-0.05, 0) is 54.1 Å². The van der Waals surface area contributed by atoms with Crippen LogP contribution >= 0.6 is 0 Å². The molecule has 0 saturated heterocycles. The molecule has 0 saturated carbocycles. The number of benzene rings is 3. The van der Waals surface area contributed by atoms with Gasteiger partial charge in [-0.2, -0.15) is 10.2 Å². The summed E-state index contributed by atoms with van der Waals surface area (Å²) in [6, 6.07) is 23.2. The zero-order valence-corrected chi connectivity index (χ0v) is 15.0. The maximum absolute atomic E-state index is 12.2. The third-order valence-electron chi connectivity index (χ3n) is 3.70. The molecule has 0 radical (unpaired) electrons. The van der Waals surface area contributed by atoms with E-state index in [0.29, 0.717) is 16.9 Å². The van der Waals surface area contributed by atoms with Crippen LogP contribution in [0.5, 0.6) is 0 Å². The average molecular weight is 373 g/mol. The Morgan fingerprint density at radius 2 is 1.32 bits per heavy atom. The van der Waals surface area contributed by atoms with Crippen molar-refractivity contribution in [3.05, 3.63) is 90.0 Å². The van der Waals surface area contributed by atoms with E-state index in [2.05, 4.69) is 15.2 Å². The number of esters is 1. The predicted octanol–water partition coefficient (Wildman–Crippen LogP) is 4.36. The molecular weight excluding hydrogens is 354 g/mol. The Kier molecular flexibility index (Phi) is 6.10. The third kappa shape index (κ3) is 5.50. The van der Waals surface area contributed by atoms with E-state index in [1.807, 2.05) is 30.3 Å². The predicted molar refractivity (Wildman–Crippen MR) is 108 cm³/mol. The Hall–Kier alpha value is -4.00. The molecule has 140 valence electrons. The van der Waals surface area contributed by atoms with Crippen LogP contribution in [0.15, 0.2) is 94.1 Å². The fourth-order valence-corrected chi connectivity index (χ4v) is 2.32. The van der Waals surface area contributed by atoms with Gasteiger partial charge in [-0.3, -0.25) is 0 Å². The van der Waals surface area contributed by atoms with Gasteiger partial charge in [-0.1, -0.05) is 30.3 Å². The van der Waals surface area contributed by atoms with Crippen molar-refractivity contribution in [2.45, 2.75) is 6.61 Å². The molecule has 0 unspecified atom stereocenters.